The Morgan fingerprint density at radius 2 is 2.00 bits per heavy atom. The number of piperidine rings is 1. The van der Waals surface area contributed by atoms with Crippen LogP contribution in [0.5, 0.6) is 0 Å². The Balaban J connectivity index is 1.59. The number of sulfone groups is 1. The Morgan fingerprint density at radius 1 is 1.36 bits per heavy atom. The third-order valence-electron chi connectivity index (χ3n) is 5.24. The molecule has 2 aliphatic heterocycles. The van der Waals surface area contributed by atoms with Crippen LogP contribution in [0.2, 0.25) is 5.02 Å². The van der Waals surface area contributed by atoms with Gasteiger partial charge in [0, 0.05) is 25.2 Å². The number of carbonyl (C=O) groups is 1. The van der Waals surface area contributed by atoms with Crippen LogP contribution < -0.4 is 10.2 Å². The number of anilines is 1. The van der Waals surface area contributed by atoms with Crippen molar-refractivity contribution in [2.45, 2.75) is 37.9 Å². The molecule has 1 amide bonds. The molecular weight excluding hydrogens is 419 g/mol. The molecule has 11 heteroatoms. The summed E-state index contributed by atoms with van der Waals surface area (Å²) < 4.78 is 61.5. The molecule has 1 N–H and O–H groups in total. The first-order valence-electron chi connectivity index (χ1n) is 8.89. The normalized spacial score (nSPS) is 25.7. The quantitative estimate of drug-likeness (QED) is 0.783. The fourth-order valence-corrected chi connectivity index (χ4v) is 6.06. The molecule has 0 spiro atoms. The molecule has 0 aromatic carbocycles. The number of amides is 1. The first-order valence-corrected chi connectivity index (χ1v) is 11.1. The maximum absolute atomic E-state index is 12.7. The van der Waals surface area contributed by atoms with Gasteiger partial charge in [-0.3, -0.25) is 4.79 Å². The minimum atomic E-state index is -4.51. The van der Waals surface area contributed by atoms with Crippen LogP contribution in [0.25, 0.3) is 0 Å². The minimum Gasteiger partial charge on any atom is -0.355 e. The summed E-state index contributed by atoms with van der Waals surface area (Å²) in [5.41, 5.74) is -1.65. The summed E-state index contributed by atoms with van der Waals surface area (Å²) in [7, 11) is -3.12. The largest absolute Gasteiger partial charge is 0.417 e. The van der Waals surface area contributed by atoms with Gasteiger partial charge in [-0.25, -0.2) is 13.4 Å². The summed E-state index contributed by atoms with van der Waals surface area (Å²) in [6.07, 6.45) is -2.40. The maximum atomic E-state index is 12.7. The summed E-state index contributed by atoms with van der Waals surface area (Å²) in [6, 6.07) is 0.851. The van der Waals surface area contributed by atoms with Crippen LogP contribution in [0.4, 0.5) is 19.0 Å². The van der Waals surface area contributed by atoms with E-state index in [-0.39, 0.29) is 34.2 Å². The second-order valence-corrected chi connectivity index (χ2v) is 10.3. The lowest BCUT2D eigenvalue weighted by atomic mass is 9.93. The summed E-state index contributed by atoms with van der Waals surface area (Å²) in [4.78, 5) is 18.2. The van der Waals surface area contributed by atoms with Crippen molar-refractivity contribution < 1.29 is 26.4 Å². The minimum absolute atomic E-state index is 0.0599. The molecular formula is C17H21ClF3N3O3S. The van der Waals surface area contributed by atoms with Crippen LogP contribution in [0, 0.1) is 5.92 Å². The van der Waals surface area contributed by atoms with Gasteiger partial charge in [-0.1, -0.05) is 11.6 Å². The number of pyridine rings is 1. The highest BCUT2D eigenvalue weighted by molar-refractivity contribution is 7.91. The van der Waals surface area contributed by atoms with Crippen molar-refractivity contribution >= 4 is 33.2 Å². The molecule has 2 saturated heterocycles. The van der Waals surface area contributed by atoms with Crippen molar-refractivity contribution in [3.8, 4) is 0 Å². The average molecular weight is 440 g/mol. The number of hydrogen-bond donors (Lipinski definition) is 1. The van der Waals surface area contributed by atoms with Crippen LogP contribution in [-0.2, 0) is 20.8 Å². The van der Waals surface area contributed by atoms with Crippen molar-refractivity contribution in [3.05, 3.63) is 22.8 Å². The van der Waals surface area contributed by atoms with Crippen LogP contribution in [-0.4, -0.2) is 49.4 Å². The van der Waals surface area contributed by atoms with Gasteiger partial charge in [-0.05, 0) is 32.3 Å². The van der Waals surface area contributed by atoms with E-state index in [9.17, 15) is 26.4 Å². The molecule has 3 rings (SSSR count). The van der Waals surface area contributed by atoms with Gasteiger partial charge in [0.1, 0.15) is 5.82 Å². The molecule has 0 unspecified atom stereocenters. The molecule has 3 heterocycles. The molecule has 2 aliphatic rings. The molecule has 0 saturated carbocycles. The molecule has 1 aromatic heterocycles. The Hall–Kier alpha value is -1.55. The van der Waals surface area contributed by atoms with E-state index >= 15 is 0 Å². The summed E-state index contributed by atoms with van der Waals surface area (Å²) >= 11 is 5.99. The van der Waals surface area contributed by atoms with E-state index in [1.807, 2.05) is 0 Å². The van der Waals surface area contributed by atoms with E-state index in [0.29, 0.717) is 32.4 Å². The first-order chi connectivity index (χ1) is 12.9. The van der Waals surface area contributed by atoms with Crippen molar-refractivity contribution in [3.63, 3.8) is 0 Å². The third kappa shape index (κ3) is 4.71. The number of rotatable bonds is 3. The summed E-state index contributed by atoms with van der Waals surface area (Å²) in [5.74, 6) is -0.201. The lowest BCUT2D eigenvalue weighted by Crippen LogP contribution is -2.51. The monoisotopic (exact) mass is 439 g/mol. The highest BCUT2D eigenvalue weighted by Gasteiger charge is 2.41. The second kappa shape index (κ2) is 7.37. The molecule has 0 bridgehead atoms. The van der Waals surface area contributed by atoms with E-state index in [0.717, 1.165) is 12.3 Å². The van der Waals surface area contributed by atoms with Crippen LogP contribution in [0.15, 0.2) is 12.3 Å². The zero-order valence-electron chi connectivity index (χ0n) is 15.2. The predicted molar refractivity (Wildman–Crippen MR) is 99.0 cm³/mol. The van der Waals surface area contributed by atoms with E-state index in [2.05, 4.69) is 10.3 Å². The summed E-state index contributed by atoms with van der Waals surface area (Å²) in [6.45, 7) is 2.58. The van der Waals surface area contributed by atoms with Crippen molar-refractivity contribution in [2.24, 2.45) is 5.92 Å². The predicted octanol–water partition coefficient (Wildman–Crippen LogP) is 2.66. The molecule has 2 fully saturated rings. The van der Waals surface area contributed by atoms with Crippen LogP contribution in [0.3, 0.4) is 0 Å². The summed E-state index contributed by atoms with van der Waals surface area (Å²) in [5, 5.41) is 2.79. The fourth-order valence-electron chi connectivity index (χ4n) is 3.68. The average Bonchev–Trinajstić information content (AvgIpc) is 2.87. The van der Waals surface area contributed by atoms with Gasteiger partial charge in [0.05, 0.1) is 27.6 Å². The van der Waals surface area contributed by atoms with Gasteiger partial charge >= 0.3 is 6.18 Å². The maximum Gasteiger partial charge on any atom is 0.417 e. The number of alkyl halides is 3. The van der Waals surface area contributed by atoms with Gasteiger partial charge in [-0.15, -0.1) is 0 Å². The van der Waals surface area contributed by atoms with Gasteiger partial charge < -0.3 is 10.2 Å². The zero-order chi connectivity index (χ0) is 20.7. The van der Waals surface area contributed by atoms with Crippen LogP contribution in [0.1, 0.15) is 31.7 Å². The number of hydrogen-bond acceptors (Lipinski definition) is 5. The fraction of sp³-hybridized carbons (Fsp3) is 0.647. The van der Waals surface area contributed by atoms with E-state index in [4.69, 9.17) is 11.6 Å². The van der Waals surface area contributed by atoms with Crippen LogP contribution >= 0.6 is 11.6 Å². The van der Waals surface area contributed by atoms with Gasteiger partial charge in [-0.2, -0.15) is 13.2 Å². The van der Waals surface area contributed by atoms with Gasteiger partial charge in [0.2, 0.25) is 5.91 Å². The number of halogens is 4. The Kier molecular flexibility index (Phi) is 5.57. The lowest BCUT2D eigenvalue weighted by Gasteiger charge is -2.34. The number of nitrogens with one attached hydrogen (secondary N) is 1. The molecule has 6 nitrogen and oxygen atoms in total. The van der Waals surface area contributed by atoms with Crippen molar-refractivity contribution in [1.29, 1.82) is 0 Å². The molecule has 0 aliphatic carbocycles. The SMILES string of the molecule is C[C@]1(NC(=O)C2CCN(c3ncc(C(F)(F)F)cc3Cl)CC2)CCS(=O)(=O)C1. The Morgan fingerprint density at radius 3 is 2.50 bits per heavy atom. The smallest absolute Gasteiger partial charge is 0.355 e. The Bertz CT molecular complexity index is 870. The molecule has 28 heavy (non-hydrogen) atoms. The van der Waals surface area contributed by atoms with E-state index < -0.39 is 27.1 Å². The van der Waals surface area contributed by atoms with Crippen molar-refractivity contribution in [2.75, 3.05) is 29.5 Å². The van der Waals surface area contributed by atoms with E-state index in [1.165, 1.54) is 0 Å². The number of aromatic nitrogens is 1. The molecule has 0 radical (unpaired) electrons. The number of carbonyl (C=O) groups excluding carboxylic acids is 1. The molecule has 1 atom stereocenters. The zero-order valence-corrected chi connectivity index (χ0v) is 16.8. The standard InChI is InChI=1S/C17H21ClF3N3O3S/c1-16(4-7-28(26,27)10-16)23-15(25)11-2-5-24(6-3-11)14-13(18)8-12(9-22-14)17(19,20)21/h8-9,11H,2-7,10H2,1H3,(H,23,25)/t16-/m0/s1. The Labute approximate surface area is 166 Å². The highest BCUT2D eigenvalue weighted by atomic mass is 35.5. The van der Waals surface area contributed by atoms with Crippen molar-refractivity contribution in [1.82, 2.24) is 10.3 Å². The number of nitrogens with zero attached hydrogens (tertiary/aromatic N) is 2. The third-order valence-corrected chi connectivity index (χ3v) is 7.42. The second-order valence-electron chi connectivity index (χ2n) is 7.68. The molecule has 156 valence electrons. The highest BCUT2D eigenvalue weighted by Crippen LogP contribution is 2.35. The van der Waals surface area contributed by atoms with Gasteiger partial charge in [0.15, 0.2) is 9.84 Å². The first kappa shape index (κ1) is 21.2. The van der Waals surface area contributed by atoms with E-state index in [1.54, 1.807) is 11.8 Å². The topological polar surface area (TPSA) is 79.4 Å². The molecule has 1 aromatic rings. The van der Waals surface area contributed by atoms with Gasteiger partial charge in [0.25, 0.3) is 0 Å². The lowest BCUT2D eigenvalue weighted by molar-refractivity contribution is -0.137.